The zero-order valence-electron chi connectivity index (χ0n) is 15.3. The molecule has 28 heavy (non-hydrogen) atoms. The minimum Gasteiger partial charge on any atom is -0.505 e. The number of carbonyl (C=O) groups is 1. The lowest BCUT2D eigenvalue weighted by Crippen LogP contribution is -2.29. The summed E-state index contributed by atoms with van der Waals surface area (Å²) in [7, 11) is 1.67. The second-order valence-corrected chi connectivity index (χ2v) is 6.87. The smallest absolute Gasteiger partial charge is 0.257 e. The number of aliphatic hydroxyl groups is 1. The minimum absolute atomic E-state index is 0.0459. The third-order valence-corrected chi connectivity index (χ3v) is 4.72. The van der Waals surface area contributed by atoms with Crippen molar-refractivity contribution in [1.82, 2.24) is 14.9 Å². The van der Waals surface area contributed by atoms with Crippen LogP contribution in [0, 0.1) is 0 Å². The van der Waals surface area contributed by atoms with Gasteiger partial charge >= 0.3 is 0 Å². The molecule has 0 saturated heterocycles. The third-order valence-electron chi connectivity index (χ3n) is 4.47. The van der Waals surface area contributed by atoms with E-state index in [1.807, 2.05) is 0 Å². The maximum absolute atomic E-state index is 12.9. The number of carbonyl (C=O) groups excluding carboxylic acids is 1. The zero-order valence-corrected chi connectivity index (χ0v) is 16.0. The highest BCUT2D eigenvalue weighted by Crippen LogP contribution is 2.25. The molecule has 0 saturated carbocycles. The van der Waals surface area contributed by atoms with Crippen LogP contribution in [0.3, 0.4) is 0 Å². The molecule has 3 aromatic rings. The molecule has 1 amide bonds. The number of aromatic nitrogens is 2. The number of aromatic hydroxyl groups is 1. The fraction of sp³-hybridized carbons (Fsp3) is 0.250. The van der Waals surface area contributed by atoms with Crippen molar-refractivity contribution in [3.63, 3.8) is 0 Å². The van der Waals surface area contributed by atoms with Crippen LogP contribution in [0.5, 0.6) is 5.75 Å². The van der Waals surface area contributed by atoms with Crippen molar-refractivity contribution in [2.75, 3.05) is 6.61 Å². The predicted octanol–water partition coefficient (Wildman–Crippen LogP) is 2.15. The third kappa shape index (κ3) is 4.00. The Balaban J connectivity index is 1.95. The van der Waals surface area contributed by atoms with Gasteiger partial charge in [0.25, 0.3) is 5.91 Å². The van der Waals surface area contributed by atoms with E-state index in [4.69, 9.17) is 16.7 Å². The van der Waals surface area contributed by atoms with E-state index in [0.29, 0.717) is 29.1 Å². The normalized spacial score (nSPS) is 11.0. The first-order valence-electron chi connectivity index (χ1n) is 8.76. The Morgan fingerprint density at radius 3 is 2.68 bits per heavy atom. The van der Waals surface area contributed by atoms with Gasteiger partial charge in [0.05, 0.1) is 22.8 Å². The number of benzene rings is 1. The average Bonchev–Trinajstić information content (AvgIpc) is 2.69. The van der Waals surface area contributed by atoms with E-state index in [9.17, 15) is 14.7 Å². The number of aliphatic hydroxyl groups excluding tert-OH is 1. The molecule has 3 rings (SSSR count). The summed E-state index contributed by atoms with van der Waals surface area (Å²) in [5.74, 6) is -0.788. The number of nitrogens with one attached hydrogen (secondary N) is 1. The van der Waals surface area contributed by atoms with E-state index in [1.165, 1.54) is 12.4 Å². The van der Waals surface area contributed by atoms with E-state index in [0.717, 1.165) is 5.56 Å². The van der Waals surface area contributed by atoms with Gasteiger partial charge in [-0.25, -0.2) is 0 Å². The Labute approximate surface area is 166 Å². The van der Waals surface area contributed by atoms with Gasteiger partial charge in [0.15, 0.2) is 0 Å². The molecular weight excluding hydrogens is 382 g/mol. The molecule has 0 aliphatic rings. The first-order chi connectivity index (χ1) is 13.4. The lowest BCUT2D eigenvalue weighted by atomic mass is 10.1. The Kier molecular flexibility index (Phi) is 5.96. The van der Waals surface area contributed by atoms with Crippen LogP contribution in [0.25, 0.3) is 10.9 Å². The van der Waals surface area contributed by atoms with Crippen LogP contribution in [-0.2, 0) is 20.0 Å². The van der Waals surface area contributed by atoms with Crippen LogP contribution in [0.4, 0.5) is 0 Å². The molecule has 1 aromatic carbocycles. The topological polar surface area (TPSA) is 104 Å². The van der Waals surface area contributed by atoms with Gasteiger partial charge in [-0.3, -0.25) is 14.6 Å². The van der Waals surface area contributed by atoms with Gasteiger partial charge in [0.1, 0.15) is 11.3 Å². The van der Waals surface area contributed by atoms with Crippen LogP contribution in [0.2, 0.25) is 5.02 Å². The molecule has 0 aliphatic heterocycles. The maximum atomic E-state index is 12.9. The fourth-order valence-corrected chi connectivity index (χ4v) is 3.08. The van der Waals surface area contributed by atoms with Crippen LogP contribution in [0.1, 0.15) is 28.0 Å². The first-order valence-corrected chi connectivity index (χ1v) is 9.14. The highest BCUT2D eigenvalue weighted by molar-refractivity contribution is 6.30. The number of nitrogens with zero attached hydrogens (tertiary/aromatic N) is 2. The molecule has 0 spiro atoms. The van der Waals surface area contributed by atoms with E-state index >= 15 is 0 Å². The second kappa shape index (κ2) is 8.41. The molecule has 3 N–H and O–H groups in total. The SMILES string of the molecule is Cn1cc(C(=O)NCc2ccc(Cl)cc2)c(=O)c2c(O)c(CCCO)ncc21. The quantitative estimate of drug-likeness (QED) is 0.587. The van der Waals surface area contributed by atoms with Crippen LogP contribution in [0.15, 0.2) is 41.5 Å². The molecule has 8 heteroatoms. The van der Waals surface area contributed by atoms with E-state index in [2.05, 4.69) is 10.3 Å². The Morgan fingerprint density at radius 2 is 2.00 bits per heavy atom. The van der Waals surface area contributed by atoms with Gasteiger partial charge in [-0.05, 0) is 30.5 Å². The summed E-state index contributed by atoms with van der Waals surface area (Å²) in [6.07, 6.45) is 3.65. The van der Waals surface area contributed by atoms with Gasteiger partial charge < -0.3 is 20.1 Å². The molecule has 2 aromatic heterocycles. The lowest BCUT2D eigenvalue weighted by molar-refractivity contribution is 0.0949. The molecule has 146 valence electrons. The molecule has 0 bridgehead atoms. The van der Waals surface area contributed by atoms with Crippen molar-refractivity contribution in [1.29, 1.82) is 0 Å². The summed E-state index contributed by atoms with van der Waals surface area (Å²) >= 11 is 5.85. The molecule has 0 radical (unpaired) electrons. The van der Waals surface area contributed by atoms with Crippen molar-refractivity contribution in [3.8, 4) is 5.75 Å². The Morgan fingerprint density at radius 1 is 1.29 bits per heavy atom. The summed E-state index contributed by atoms with van der Waals surface area (Å²) in [6, 6.07) is 7.01. The molecule has 7 nitrogen and oxygen atoms in total. The van der Waals surface area contributed by atoms with Gasteiger partial charge in [-0.2, -0.15) is 0 Å². The number of aryl methyl sites for hydroxylation is 2. The Bertz CT molecular complexity index is 1080. The fourth-order valence-electron chi connectivity index (χ4n) is 2.95. The molecule has 0 fully saturated rings. The second-order valence-electron chi connectivity index (χ2n) is 6.43. The molecule has 0 unspecified atom stereocenters. The number of hydrogen-bond donors (Lipinski definition) is 3. The highest BCUT2D eigenvalue weighted by Gasteiger charge is 2.19. The maximum Gasteiger partial charge on any atom is 0.257 e. The van der Waals surface area contributed by atoms with Gasteiger partial charge in [0.2, 0.25) is 5.43 Å². The summed E-state index contributed by atoms with van der Waals surface area (Å²) in [5.41, 5.74) is 0.945. The van der Waals surface area contributed by atoms with Crippen molar-refractivity contribution >= 4 is 28.4 Å². The summed E-state index contributed by atoms with van der Waals surface area (Å²) in [4.78, 5) is 29.7. The monoisotopic (exact) mass is 401 g/mol. The first kappa shape index (κ1) is 19.9. The van der Waals surface area contributed by atoms with Gasteiger partial charge in [-0.1, -0.05) is 23.7 Å². The van der Waals surface area contributed by atoms with E-state index in [1.54, 1.807) is 35.9 Å². The van der Waals surface area contributed by atoms with E-state index < -0.39 is 11.3 Å². The molecule has 0 aliphatic carbocycles. The Hall–Kier alpha value is -2.90. The van der Waals surface area contributed by atoms with Crippen LogP contribution < -0.4 is 10.7 Å². The number of rotatable bonds is 6. The van der Waals surface area contributed by atoms with Gasteiger partial charge in [0, 0.05) is 31.4 Å². The minimum atomic E-state index is -0.563. The van der Waals surface area contributed by atoms with Crippen molar-refractivity contribution < 1.29 is 15.0 Å². The molecular formula is C20H20ClN3O4. The predicted molar refractivity (Wildman–Crippen MR) is 107 cm³/mol. The van der Waals surface area contributed by atoms with Gasteiger partial charge in [-0.15, -0.1) is 0 Å². The summed E-state index contributed by atoms with van der Waals surface area (Å²) in [5, 5.41) is 22.9. The largest absolute Gasteiger partial charge is 0.505 e. The number of pyridine rings is 2. The zero-order chi connectivity index (χ0) is 20.3. The average molecular weight is 402 g/mol. The lowest BCUT2D eigenvalue weighted by Gasteiger charge is -2.12. The standard InChI is InChI=1S/C20H20ClN3O4/c1-24-11-14(20(28)23-9-12-4-6-13(21)7-5-12)18(26)17-16(24)10-22-15(19(17)27)3-2-8-25/h4-7,10-11,25,27H,2-3,8-9H2,1H3,(H,23,28). The van der Waals surface area contributed by atoms with Crippen LogP contribution in [-0.4, -0.2) is 32.3 Å². The van der Waals surface area contributed by atoms with Crippen LogP contribution >= 0.6 is 11.6 Å². The highest BCUT2D eigenvalue weighted by atomic mass is 35.5. The van der Waals surface area contributed by atoms with E-state index in [-0.39, 0.29) is 29.9 Å². The molecule has 0 atom stereocenters. The summed E-state index contributed by atoms with van der Waals surface area (Å²) < 4.78 is 1.58. The number of hydrogen-bond acceptors (Lipinski definition) is 5. The van der Waals surface area contributed by atoms with Crippen molar-refractivity contribution in [3.05, 3.63) is 68.7 Å². The number of amides is 1. The summed E-state index contributed by atoms with van der Waals surface area (Å²) in [6.45, 7) is 0.186. The molecule has 2 heterocycles. The van der Waals surface area contributed by atoms with Crippen molar-refractivity contribution in [2.45, 2.75) is 19.4 Å². The number of halogens is 1. The van der Waals surface area contributed by atoms with Crippen molar-refractivity contribution in [2.24, 2.45) is 7.05 Å². The number of fused-ring (bicyclic) bond motifs is 1.